The Bertz CT molecular complexity index is 876. The van der Waals surface area contributed by atoms with Gasteiger partial charge in [0.25, 0.3) is 5.91 Å². The number of hydrogen-bond acceptors (Lipinski definition) is 3. The first-order chi connectivity index (χ1) is 13.3. The smallest absolute Gasteiger partial charge is 0.387 e. The molecule has 28 heavy (non-hydrogen) atoms. The summed E-state index contributed by atoms with van der Waals surface area (Å²) in [5.41, 5.74) is 0.571. The summed E-state index contributed by atoms with van der Waals surface area (Å²) in [6.45, 7) is -1.05. The van der Waals surface area contributed by atoms with E-state index in [0.29, 0.717) is 17.9 Å². The first-order valence-corrected chi connectivity index (χ1v) is 9.07. The van der Waals surface area contributed by atoms with Gasteiger partial charge in [0.15, 0.2) is 0 Å². The van der Waals surface area contributed by atoms with Crippen LogP contribution in [0.25, 0.3) is 0 Å². The topological polar surface area (TPSA) is 58.6 Å². The third-order valence-electron chi connectivity index (χ3n) is 4.64. The molecule has 3 amide bonds. The molecular formula is C20H19ClF2N2O3. The van der Waals surface area contributed by atoms with Crippen molar-refractivity contribution in [2.75, 3.05) is 0 Å². The van der Waals surface area contributed by atoms with E-state index >= 15 is 0 Å². The van der Waals surface area contributed by atoms with E-state index in [2.05, 4.69) is 10.1 Å². The summed E-state index contributed by atoms with van der Waals surface area (Å²) in [5, 5.41) is 3.29. The molecule has 0 aliphatic carbocycles. The fraction of sp³-hybridized carbons (Fsp3) is 0.300. The van der Waals surface area contributed by atoms with Gasteiger partial charge < -0.3 is 10.1 Å². The Morgan fingerprint density at radius 1 is 1.14 bits per heavy atom. The number of carbonyl (C=O) groups excluding carboxylic acids is 2. The first-order valence-electron chi connectivity index (χ1n) is 8.69. The maximum absolute atomic E-state index is 12.8. The molecule has 1 aliphatic heterocycles. The molecule has 1 N–H and O–H groups in total. The van der Waals surface area contributed by atoms with Gasteiger partial charge in [-0.2, -0.15) is 8.78 Å². The lowest BCUT2D eigenvalue weighted by molar-refractivity contribution is -0.131. The molecule has 8 heteroatoms. The SMILES string of the molecule is CC1(CCc2ccc(OC(F)F)cc2)NC(=O)N(Cc2cccc(Cl)c2)C1=O. The van der Waals surface area contributed by atoms with Gasteiger partial charge in [-0.25, -0.2) is 4.79 Å². The number of alkyl halides is 2. The van der Waals surface area contributed by atoms with E-state index in [0.717, 1.165) is 11.1 Å². The van der Waals surface area contributed by atoms with E-state index in [4.69, 9.17) is 11.6 Å². The summed E-state index contributed by atoms with van der Waals surface area (Å²) >= 11 is 5.96. The van der Waals surface area contributed by atoms with Gasteiger partial charge in [-0.15, -0.1) is 0 Å². The molecule has 1 unspecified atom stereocenters. The van der Waals surface area contributed by atoms with Crippen LogP contribution < -0.4 is 10.1 Å². The van der Waals surface area contributed by atoms with Gasteiger partial charge in [0.1, 0.15) is 11.3 Å². The number of imide groups is 1. The second-order valence-corrected chi connectivity index (χ2v) is 7.24. The van der Waals surface area contributed by atoms with Crippen molar-refractivity contribution in [1.82, 2.24) is 10.2 Å². The van der Waals surface area contributed by atoms with E-state index in [1.54, 1.807) is 43.3 Å². The minimum absolute atomic E-state index is 0.0721. The standard InChI is InChI=1S/C20H19ClF2N2O3/c1-20(10-9-13-5-7-16(8-6-13)28-18(22)23)17(26)25(19(27)24-20)12-14-3-2-4-15(21)11-14/h2-8,11,18H,9-10,12H2,1H3,(H,24,27). The van der Waals surface area contributed by atoms with Gasteiger partial charge in [-0.3, -0.25) is 9.69 Å². The summed E-state index contributed by atoms with van der Waals surface area (Å²) in [4.78, 5) is 26.3. The Kier molecular flexibility index (Phi) is 5.84. The molecule has 1 aliphatic rings. The molecule has 0 spiro atoms. The predicted octanol–water partition coefficient (Wildman–Crippen LogP) is 4.38. The van der Waals surface area contributed by atoms with Crippen LogP contribution in [0.3, 0.4) is 0 Å². The van der Waals surface area contributed by atoms with Crippen LogP contribution in [0.2, 0.25) is 5.02 Å². The van der Waals surface area contributed by atoms with Crippen molar-refractivity contribution in [1.29, 1.82) is 0 Å². The maximum atomic E-state index is 12.8. The highest BCUT2D eigenvalue weighted by Gasteiger charge is 2.47. The van der Waals surface area contributed by atoms with Gasteiger partial charge in [0, 0.05) is 5.02 Å². The highest BCUT2D eigenvalue weighted by Crippen LogP contribution is 2.26. The Morgan fingerprint density at radius 2 is 1.86 bits per heavy atom. The average Bonchev–Trinajstić information content (AvgIpc) is 2.84. The normalized spacial score (nSPS) is 19.2. The monoisotopic (exact) mass is 408 g/mol. The molecule has 1 saturated heterocycles. The van der Waals surface area contributed by atoms with Crippen LogP contribution in [0.5, 0.6) is 5.75 Å². The fourth-order valence-corrected chi connectivity index (χ4v) is 3.32. The number of benzene rings is 2. The van der Waals surface area contributed by atoms with Gasteiger partial charge in [0.05, 0.1) is 6.54 Å². The third-order valence-corrected chi connectivity index (χ3v) is 4.87. The Labute approximate surface area is 166 Å². The number of urea groups is 1. The number of halogens is 3. The maximum Gasteiger partial charge on any atom is 0.387 e. The molecule has 0 radical (unpaired) electrons. The third kappa shape index (κ3) is 4.59. The molecule has 1 heterocycles. The zero-order valence-corrected chi connectivity index (χ0v) is 15.9. The second kappa shape index (κ2) is 8.14. The average molecular weight is 409 g/mol. The van der Waals surface area contributed by atoms with Crippen molar-refractivity contribution in [3.05, 3.63) is 64.7 Å². The molecular weight excluding hydrogens is 390 g/mol. The molecule has 0 aromatic heterocycles. The van der Waals surface area contributed by atoms with Gasteiger partial charge in [0.2, 0.25) is 0 Å². The summed E-state index contributed by atoms with van der Waals surface area (Å²) in [6.07, 6.45) is 0.862. The number of rotatable bonds is 7. The van der Waals surface area contributed by atoms with Crippen molar-refractivity contribution >= 4 is 23.5 Å². The lowest BCUT2D eigenvalue weighted by atomic mass is 9.93. The Hall–Kier alpha value is -2.67. The van der Waals surface area contributed by atoms with Crippen LogP contribution in [0.15, 0.2) is 48.5 Å². The van der Waals surface area contributed by atoms with Crippen LogP contribution in [-0.2, 0) is 17.8 Å². The molecule has 0 bridgehead atoms. The predicted molar refractivity (Wildman–Crippen MR) is 100 cm³/mol. The Morgan fingerprint density at radius 3 is 2.50 bits per heavy atom. The highest BCUT2D eigenvalue weighted by molar-refractivity contribution is 6.30. The molecule has 148 valence electrons. The van der Waals surface area contributed by atoms with Crippen molar-refractivity contribution in [2.24, 2.45) is 0 Å². The van der Waals surface area contributed by atoms with Gasteiger partial charge in [-0.05, 0) is 55.2 Å². The number of ether oxygens (including phenoxy) is 1. The highest BCUT2D eigenvalue weighted by atomic mass is 35.5. The first kappa shape index (κ1) is 20.1. The van der Waals surface area contributed by atoms with E-state index < -0.39 is 18.2 Å². The molecule has 3 rings (SSSR count). The number of nitrogens with one attached hydrogen (secondary N) is 1. The molecule has 1 fully saturated rings. The van der Waals surface area contributed by atoms with E-state index in [9.17, 15) is 18.4 Å². The number of nitrogens with zero attached hydrogens (tertiary/aromatic N) is 1. The van der Waals surface area contributed by atoms with Crippen molar-refractivity contribution in [3.8, 4) is 5.75 Å². The molecule has 5 nitrogen and oxygen atoms in total. The van der Waals surface area contributed by atoms with Crippen molar-refractivity contribution < 1.29 is 23.1 Å². The fourth-order valence-electron chi connectivity index (χ4n) is 3.11. The van der Waals surface area contributed by atoms with Gasteiger partial charge >= 0.3 is 12.6 Å². The van der Waals surface area contributed by atoms with Gasteiger partial charge in [-0.1, -0.05) is 35.9 Å². The van der Waals surface area contributed by atoms with Crippen molar-refractivity contribution in [2.45, 2.75) is 38.5 Å². The van der Waals surface area contributed by atoms with Crippen LogP contribution in [0.4, 0.5) is 13.6 Å². The minimum Gasteiger partial charge on any atom is -0.435 e. The second-order valence-electron chi connectivity index (χ2n) is 6.81. The summed E-state index contributed by atoms with van der Waals surface area (Å²) in [7, 11) is 0. The number of hydrogen-bond donors (Lipinski definition) is 1. The lowest BCUT2D eigenvalue weighted by Gasteiger charge is -2.21. The van der Waals surface area contributed by atoms with Crippen LogP contribution in [0, 0.1) is 0 Å². The van der Waals surface area contributed by atoms with Crippen LogP contribution >= 0.6 is 11.6 Å². The number of amides is 3. The largest absolute Gasteiger partial charge is 0.435 e. The minimum atomic E-state index is -2.87. The molecule has 2 aromatic rings. The summed E-state index contributed by atoms with van der Waals surface area (Å²) in [5.74, 6) is -0.238. The summed E-state index contributed by atoms with van der Waals surface area (Å²) < 4.78 is 28.7. The quantitative estimate of drug-likeness (QED) is 0.691. The summed E-state index contributed by atoms with van der Waals surface area (Å²) in [6, 6.07) is 12.8. The molecule has 0 saturated carbocycles. The zero-order valence-electron chi connectivity index (χ0n) is 15.1. The zero-order chi connectivity index (χ0) is 20.3. The number of aryl methyl sites for hydroxylation is 1. The van der Waals surface area contributed by atoms with E-state index in [-0.39, 0.29) is 18.2 Å². The van der Waals surface area contributed by atoms with E-state index in [1.807, 2.05) is 0 Å². The van der Waals surface area contributed by atoms with Crippen LogP contribution in [0.1, 0.15) is 24.5 Å². The lowest BCUT2D eigenvalue weighted by Crippen LogP contribution is -2.44. The molecule has 2 aromatic carbocycles. The van der Waals surface area contributed by atoms with Crippen LogP contribution in [-0.4, -0.2) is 29.0 Å². The molecule has 1 atom stereocenters. The number of carbonyl (C=O) groups is 2. The van der Waals surface area contributed by atoms with E-state index in [1.165, 1.54) is 17.0 Å². The van der Waals surface area contributed by atoms with Crippen molar-refractivity contribution in [3.63, 3.8) is 0 Å². The Balaban J connectivity index is 1.64.